The molecule has 2 rings (SSSR count). The van der Waals surface area contributed by atoms with Crippen LogP contribution in [0.1, 0.15) is 31.1 Å². The Labute approximate surface area is 139 Å². The fourth-order valence-electron chi connectivity index (χ4n) is 2.39. The summed E-state index contributed by atoms with van der Waals surface area (Å²) in [7, 11) is -5.96. The van der Waals surface area contributed by atoms with Gasteiger partial charge in [-0.2, -0.15) is 13.2 Å². The summed E-state index contributed by atoms with van der Waals surface area (Å²) < 4.78 is 94.4. The SMILES string of the molecule is CC(=O)C(C)Oc1ccc(S(=O)(=O)C(F)(F)F)c2c1CC(F)(F)C2O. The molecule has 0 bridgehead atoms. The molecule has 0 fully saturated rings. The minimum absolute atomic E-state index is 0.380. The van der Waals surface area contributed by atoms with E-state index in [4.69, 9.17) is 4.74 Å². The summed E-state index contributed by atoms with van der Waals surface area (Å²) in [5, 5.41) is 9.68. The highest BCUT2D eigenvalue weighted by Crippen LogP contribution is 2.50. The number of fused-ring (bicyclic) bond motifs is 1. The zero-order chi connectivity index (χ0) is 19.4. The highest BCUT2D eigenvalue weighted by atomic mass is 32.2. The third-order valence-electron chi connectivity index (χ3n) is 3.83. The molecule has 2 atom stereocenters. The monoisotopic (exact) mass is 388 g/mol. The molecule has 0 aromatic heterocycles. The van der Waals surface area contributed by atoms with Crippen molar-refractivity contribution in [3.8, 4) is 5.75 Å². The fourth-order valence-corrected chi connectivity index (χ4v) is 3.41. The Kier molecular flexibility index (Phi) is 4.62. The van der Waals surface area contributed by atoms with Crippen LogP contribution >= 0.6 is 0 Å². The van der Waals surface area contributed by atoms with Crippen LogP contribution < -0.4 is 4.74 Å². The van der Waals surface area contributed by atoms with E-state index in [1.165, 1.54) is 6.92 Å². The quantitative estimate of drug-likeness (QED) is 0.802. The number of hydrogen-bond donors (Lipinski definition) is 1. The van der Waals surface area contributed by atoms with E-state index in [1.54, 1.807) is 0 Å². The van der Waals surface area contributed by atoms with Crippen LogP contribution in [0.3, 0.4) is 0 Å². The Hall–Kier alpha value is -1.75. The minimum atomic E-state index is -5.96. The number of rotatable bonds is 4. The third-order valence-corrected chi connectivity index (χ3v) is 5.37. The average molecular weight is 388 g/mol. The predicted molar refractivity (Wildman–Crippen MR) is 74.1 cm³/mol. The first-order valence-corrected chi connectivity index (χ1v) is 8.38. The van der Waals surface area contributed by atoms with Crippen LogP contribution in [0.5, 0.6) is 5.75 Å². The van der Waals surface area contributed by atoms with Gasteiger partial charge in [-0.3, -0.25) is 4.79 Å². The molecule has 1 aliphatic carbocycles. The van der Waals surface area contributed by atoms with Crippen molar-refractivity contribution in [1.82, 2.24) is 0 Å². The van der Waals surface area contributed by atoms with Crippen molar-refractivity contribution < 1.29 is 45.0 Å². The number of carbonyl (C=O) groups excluding carboxylic acids is 1. The number of benzene rings is 1. The lowest BCUT2D eigenvalue weighted by atomic mass is 10.1. The zero-order valence-electron chi connectivity index (χ0n) is 12.9. The number of aliphatic hydroxyl groups excluding tert-OH is 1. The van der Waals surface area contributed by atoms with Crippen LogP contribution in [-0.4, -0.2) is 36.8 Å². The number of ether oxygens (including phenoxy) is 1. The highest BCUT2D eigenvalue weighted by molar-refractivity contribution is 7.92. The maximum atomic E-state index is 13.8. The van der Waals surface area contributed by atoms with Crippen molar-refractivity contribution in [2.75, 3.05) is 0 Å². The molecule has 0 heterocycles. The number of Topliss-reactive ketones (excluding diaryl/α,β-unsaturated/α-hetero) is 1. The summed E-state index contributed by atoms with van der Waals surface area (Å²) in [5.74, 6) is -4.74. The van der Waals surface area contributed by atoms with Gasteiger partial charge in [-0.15, -0.1) is 0 Å². The lowest BCUT2D eigenvalue weighted by molar-refractivity contribution is -0.122. The van der Waals surface area contributed by atoms with Crippen LogP contribution in [0.2, 0.25) is 0 Å². The van der Waals surface area contributed by atoms with E-state index < -0.39 is 61.7 Å². The molecule has 140 valence electrons. The van der Waals surface area contributed by atoms with Gasteiger partial charge in [0, 0.05) is 17.5 Å². The second kappa shape index (κ2) is 5.90. The molecule has 5 nitrogen and oxygen atoms in total. The molecule has 0 saturated heterocycles. The second-order valence-electron chi connectivity index (χ2n) is 5.61. The Morgan fingerprint density at radius 3 is 2.40 bits per heavy atom. The summed E-state index contributed by atoms with van der Waals surface area (Å²) >= 11 is 0. The second-order valence-corrected chi connectivity index (χ2v) is 7.52. The predicted octanol–water partition coefficient (Wildman–Crippen LogP) is 2.56. The smallest absolute Gasteiger partial charge is 0.483 e. The number of hydrogen-bond acceptors (Lipinski definition) is 5. The molecule has 1 N–H and O–H groups in total. The standard InChI is InChI=1S/C14H13F5O5S/c1-6(20)7(2)24-9-3-4-10(25(22,23)14(17,18)19)11-8(9)5-13(15,16)12(11)21/h3-4,7,12,21H,5H2,1-2H3. The van der Waals surface area contributed by atoms with Gasteiger partial charge in [0.2, 0.25) is 0 Å². The van der Waals surface area contributed by atoms with E-state index in [9.17, 15) is 40.3 Å². The molecule has 0 aliphatic heterocycles. The van der Waals surface area contributed by atoms with E-state index in [0.29, 0.717) is 6.07 Å². The van der Waals surface area contributed by atoms with Gasteiger partial charge in [-0.1, -0.05) is 0 Å². The summed E-state index contributed by atoms with van der Waals surface area (Å²) in [6.45, 7) is 2.44. The van der Waals surface area contributed by atoms with Gasteiger partial charge < -0.3 is 9.84 Å². The summed E-state index contributed by atoms with van der Waals surface area (Å²) in [6, 6.07) is 1.21. The van der Waals surface area contributed by atoms with E-state index in [0.717, 1.165) is 13.0 Å². The molecule has 1 aromatic carbocycles. The summed E-state index contributed by atoms with van der Waals surface area (Å²) in [5.41, 5.74) is -7.36. The molecule has 1 aromatic rings. The first-order valence-electron chi connectivity index (χ1n) is 6.90. The minimum Gasteiger partial charge on any atom is -0.483 e. The van der Waals surface area contributed by atoms with Gasteiger partial charge in [0.1, 0.15) is 11.9 Å². The molecule has 25 heavy (non-hydrogen) atoms. The normalized spacial score (nSPS) is 20.9. The average Bonchev–Trinajstić information content (AvgIpc) is 2.69. The Morgan fingerprint density at radius 2 is 1.92 bits per heavy atom. The first-order chi connectivity index (χ1) is 11.2. The van der Waals surface area contributed by atoms with E-state index in [-0.39, 0.29) is 5.75 Å². The summed E-state index contributed by atoms with van der Waals surface area (Å²) in [6.07, 6.45) is -5.06. The fraction of sp³-hybridized carbons (Fsp3) is 0.500. The van der Waals surface area contributed by atoms with E-state index in [1.807, 2.05) is 0 Å². The molecule has 2 unspecified atom stereocenters. The van der Waals surface area contributed by atoms with Gasteiger partial charge in [0.25, 0.3) is 15.8 Å². The number of halogens is 5. The Balaban J connectivity index is 2.69. The third kappa shape index (κ3) is 3.22. The van der Waals surface area contributed by atoms with Crippen molar-refractivity contribution in [1.29, 1.82) is 0 Å². The molecule has 0 saturated carbocycles. The van der Waals surface area contributed by atoms with Crippen LogP contribution in [0.15, 0.2) is 17.0 Å². The first kappa shape index (κ1) is 19.6. The van der Waals surface area contributed by atoms with Crippen molar-refractivity contribution in [2.24, 2.45) is 0 Å². The number of ketones is 1. The molecular formula is C14H13F5O5S. The van der Waals surface area contributed by atoms with Crippen LogP contribution in [0.25, 0.3) is 0 Å². The lowest BCUT2D eigenvalue weighted by Gasteiger charge is -2.18. The molecule has 0 spiro atoms. The zero-order valence-corrected chi connectivity index (χ0v) is 13.7. The van der Waals surface area contributed by atoms with Gasteiger partial charge in [0.05, 0.1) is 4.90 Å². The van der Waals surface area contributed by atoms with Crippen molar-refractivity contribution in [3.63, 3.8) is 0 Å². The number of carbonyl (C=O) groups is 1. The maximum absolute atomic E-state index is 13.8. The molecule has 0 amide bonds. The molecule has 0 radical (unpaired) electrons. The number of aliphatic hydroxyl groups is 1. The van der Waals surface area contributed by atoms with Crippen LogP contribution in [0, 0.1) is 0 Å². The van der Waals surface area contributed by atoms with Gasteiger partial charge in [-0.05, 0) is 26.0 Å². The molecule has 11 heteroatoms. The van der Waals surface area contributed by atoms with Gasteiger partial charge >= 0.3 is 5.51 Å². The number of sulfone groups is 1. The summed E-state index contributed by atoms with van der Waals surface area (Å²) in [4.78, 5) is 9.77. The maximum Gasteiger partial charge on any atom is 0.501 e. The highest BCUT2D eigenvalue weighted by Gasteiger charge is 2.55. The van der Waals surface area contributed by atoms with Crippen molar-refractivity contribution >= 4 is 15.6 Å². The van der Waals surface area contributed by atoms with Crippen LogP contribution in [0.4, 0.5) is 22.0 Å². The Morgan fingerprint density at radius 1 is 1.36 bits per heavy atom. The molecule has 1 aliphatic rings. The van der Waals surface area contributed by atoms with Crippen molar-refractivity contribution in [3.05, 3.63) is 23.3 Å². The molecular weight excluding hydrogens is 375 g/mol. The van der Waals surface area contributed by atoms with E-state index >= 15 is 0 Å². The largest absolute Gasteiger partial charge is 0.501 e. The van der Waals surface area contributed by atoms with Crippen LogP contribution in [-0.2, 0) is 21.1 Å². The number of alkyl halides is 5. The topological polar surface area (TPSA) is 80.7 Å². The van der Waals surface area contributed by atoms with Crippen molar-refractivity contribution in [2.45, 2.75) is 48.8 Å². The Bertz CT molecular complexity index is 816. The van der Waals surface area contributed by atoms with E-state index in [2.05, 4.69) is 0 Å². The lowest BCUT2D eigenvalue weighted by Crippen LogP contribution is -2.27. The van der Waals surface area contributed by atoms with Gasteiger partial charge in [0.15, 0.2) is 11.9 Å². The van der Waals surface area contributed by atoms with Gasteiger partial charge in [-0.25, -0.2) is 17.2 Å².